The monoisotopic (exact) mass is 308 g/mol. The number of hydrogen-bond acceptors (Lipinski definition) is 3. The van der Waals surface area contributed by atoms with Crippen LogP contribution < -0.4 is 15.4 Å². The zero-order valence-corrected chi connectivity index (χ0v) is 13.8. The standard InChI is InChI=1S/C17H28N2O3/c1-4-6-14(9-10-20)12-18-17(21)19-15-7-8-16(22-5-2)13(3)11-15/h7-8,11,14,20H,4-6,9-10,12H2,1-3H3,(H2,18,19,21). The molecule has 0 aromatic heterocycles. The van der Waals surface area contributed by atoms with E-state index < -0.39 is 0 Å². The average molecular weight is 308 g/mol. The van der Waals surface area contributed by atoms with E-state index in [-0.39, 0.29) is 12.6 Å². The van der Waals surface area contributed by atoms with Crippen molar-refractivity contribution in [1.29, 1.82) is 0 Å². The fourth-order valence-electron chi connectivity index (χ4n) is 2.40. The topological polar surface area (TPSA) is 70.6 Å². The van der Waals surface area contributed by atoms with Crippen LogP contribution in [0.15, 0.2) is 18.2 Å². The minimum Gasteiger partial charge on any atom is -0.494 e. The molecule has 0 spiro atoms. The lowest BCUT2D eigenvalue weighted by atomic mass is 10.0. The first-order valence-electron chi connectivity index (χ1n) is 7.99. The predicted molar refractivity (Wildman–Crippen MR) is 89.5 cm³/mol. The van der Waals surface area contributed by atoms with Crippen molar-refractivity contribution in [3.63, 3.8) is 0 Å². The number of urea groups is 1. The smallest absolute Gasteiger partial charge is 0.319 e. The molecule has 0 radical (unpaired) electrons. The molecule has 1 rings (SSSR count). The molecule has 0 saturated heterocycles. The molecule has 5 nitrogen and oxygen atoms in total. The summed E-state index contributed by atoms with van der Waals surface area (Å²) < 4.78 is 5.48. The normalized spacial score (nSPS) is 11.8. The van der Waals surface area contributed by atoms with Crippen molar-refractivity contribution in [1.82, 2.24) is 5.32 Å². The highest BCUT2D eigenvalue weighted by Gasteiger charge is 2.10. The molecule has 0 aliphatic rings. The Morgan fingerprint density at radius 3 is 2.68 bits per heavy atom. The highest BCUT2D eigenvalue weighted by Crippen LogP contribution is 2.21. The SMILES string of the molecule is CCCC(CCO)CNC(=O)Nc1ccc(OCC)c(C)c1. The van der Waals surface area contributed by atoms with Crippen LogP contribution >= 0.6 is 0 Å². The van der Waals surface area contributed by atoms with Crippen molar-refractivity contribution < 1.29 is 14.6 Å². The predicted octanol–water partition coefficient (Wildman–Crippen LogP) is 3.31. The molecule has 0 aliphatic carbocycles. The van der Waals surface area contributed by atoms with E-state index in [4.69, 9.17) is 9.84 Å². The maximum atomic E-state index is 11.9. The summed E-state index contributed by atoms with van der Waals surface area (Å²) in [7, 11) is 0. The highest BCUT2D eigenvalue weighted by molar-refractivity contribution is 5.89. The van der Waals surface area contributed by atoms with E-state index in [0.717, 1.165) is 36.3 Å². The Bertz CT molecular complexity index is 457. The number of hydrogen-bond donors (Lipinski definition) is 3. The summed E-state index contributed by atoms with van der Waals surface area (Å²) in [6.45, 7) is 7.36. The molecule has 3 N–H and O–H groups in total. The van der Waals surface area contributed by atoms with Crippen LogP contribution in [-0.4, -0.2) is 30.9 Å². The Labute approximate surface area is 133 Å². The first-order chi connectivity index (χ1) is 10.6. The molecule has 22 heavy (non-hydrogen) atoms. The second kappa shape index (κ2) is 10.1. The van der Waals surface area contributed by atoms with E-state index in [9.17, 15) is 4.79 Å². The van der Waals surface area contributed by atoms with E-state index in [0.29, 0.717) is 19.1 Å². The lowest BCUT2D eigenvalue weighted by molar-refractivity contribution is 0.236. The second-order valence-corrected chi connectivity index (χ2v) is 5.42. The third-order valence-electron chi connectivity index (χ3n) is 3.52. The van der Waals surface area contributed by atoms with Crippen molar-refractivity contribution >= 4 is 11.7 Å². The number of carbonyl (C=O) groups excluding carboxylic acids is 1. The van der Waals surface area contributed by atoms with Gasteiger partial charge in [0.2, 0.25) is 0 Å². The number of aliphatic hydroxyl groups excluding tert-OH is 1. The van der Waals surface area contributed by atoms with Crippen molar-refractivity contribution in [2.45, 2.75) is 40.0 Å². The number of rotatable bonds is 9. The van der Waals surface area contributed by atoms with Gasteiger partial charge in [-0.1, -0.05) is 13.3 Å². The third-order valence-corrected chi connectivity index (χ3v) is 3.52. The van der Waals surface area contributed by atoms with Crippen molar-refractivity contribution in [2.24, 2.45) is 5.92 Å². The van der Waals surface area contributed by atoms with E-state index in [1.165, 1.54) is 0 Å². The molecule has 5 heteroatoms. The van der Waals surface area contributed by atoms with E-state index in [1.807, 2.05) is 32.0 Å². The number of carbonyl (C=O) groups is 1. The quantitative estimate of drug-likeness (QED) is 0.655. The van der Waals surface area contributed by atoms with Crippen molar-refractivity contribution in [3.8, 4) is 5.75 Å². The molecule has 1 atom stereocenters. The maximum Gasteiger partial charge on any atom is 0.319 e. The van der Waals surface area contributed by atoms with Gasteiger partial charge in [0.25, 0.3) is 0 Å². The Kier molecular flexibility index (Phi) is 8.36. The minimum atomic E-state index is -0.220. The summed E-state index contributed by atoms with van der Waals surface area (Å²) in [6.07, 6.45) is 2.77. The molecule has 0 bridgehead atoms. The first-order valence-corrected chi connectivity index (χ1v) is 7.99. The van der Waals surface area contributed by atoms with Crippen LogP contribution in [0.1, 0.15) is 38.7 Å². The minimum absolute atomic E-state index is 0.159. The van der Waals surface area contributed by atoms with Crippen LogP contribution in [0.5, 0.6) is 5.75 Å². The summed E-state index contributed by atoms with van der Waals surface area (Å²) >= 11 is 0. The number of aryl methyl sites for hydroxylation is 1. The third kappa shape index (κ3) is 6.35. The van der Waals surface area contributed by atoms with Gasteiger partial charge in [-0.25, -0.2) is 4.79 Å². The summed E-state index contributed by atoms with van der Waals surface area (Å²) in [4.78, 5) is 11.9. The molecule has 124 valence electrons. The van der Waals surface area contributed by atoms with Gasteiger partial charge in [0.15, 0.2) is 0 Å². The fourth-order valence-corrected chi connectivity index (χ4v) is 2.40. The van der Waals surface area contributed by atoms with Crippen LogP contribution in [0.25, 0.3) is 0 Å². The van der Waals surface area contributed by atoms with Crippen molar-refractivity contribution in [3.05, 3.63) is 23.8 Å². The van der Waals surface area contributed by atoms with Crippen LogP contribution in [0.3, 0.4) is 0 Å². The van der Waals surface area contributed by atoms with Crippen LogP contribution in [0, 0.1) is 12.8 Å². The zero-order chi connectivity index (χ0) is 16.4. The van der Waals surface area contributed by atoms with Gasteiger partial charge < -0.3 is 20.5 Å². The zero-order valence-electron chi connectivity index (χ0n) is 13.8. The summed E-state index contributed by atoms with van der Waals surface area (Å²) in [5, 5.41) is 14.7. The number of ether oxygens (including phenoxy) is 1. The molecule has 1 aromatic rings. The highest BCUT2D eigenvalue weighted by atomic mass is 16.5. The first kappa shape index (κ1) is 18.3. The number of nitrogens with one attached hydrogen (secondary N) is 2. The molecule has 2 amide bonds. The molecular weight excluding hydrogens is 280 g/mol. The lowest BCUT2D eigenvalue weighted by Gasteiger charge is -2.16. The number of anilines is 1. The number of amides is 2. The maximum absolute atomic E-state index is 11.9. The van der Waals surface area contributed by atoms with Gasteiger partial charge in [0.05, 0.1) is 6.61 Å². The Balaban J connectivity index is 2.49. The average Bonchev–Trinajstić information content (AvgIpc) is 2.48. The molecule has 0 fully saturated rings. The van der Waals surface area contributed by atoms with Gasteiger partial charge in [-0.05, 0) is 56.4 Å². The van der Waals surface area contributed by atoms with Gasteiger partial charge in [-0.15, -0.1) is 0 Å². The summed E-state index contributed by atoms with van der Waals surface area (Å²) in [6, 6.07) is 5.36. The van der Waals surface area contributed by atoms with Crippen LogP contribution in [0.4, 0.5) is 10.5 Å². The summed E-state index contributed by atoms with van der Waals surface area (Å²) in [5.41, 5.74) is 1.73. The van der Waals surface area contributed by atoms with Gasteiger partial charge in [-0.2, -0.15) is 0 Å². The molecule has 0 saturated carbocycles. The second-order valence-electron chi connectivity index (χ2n) is 5.42. The molecule has 1 aromatic carbocycles. The van der Waals surface area contributed by atoms with E-state index in [1.54, 1.807) is 0 Å². The Morgan fingerprint density at radius 2 is 2.09 bits per heavy atom. The fraction of sp³-hybridized carbons (Fsp3) is 0.588. The van der Waals surface area contributed by atoms with Crippen LogP contribution in [-0.2, 0) is 0 Å². The Morgan fingerprint density at radius 1 is 1.32 bits per heavy atom. The van der Waals surface area contributed by atoms with Gasteiger partial charge >= 0.3 is 6.03 Å². The van der Waals surface area contributed by atoms with Gasteiger partial charge in [-0.3, -0.25) is 0 Å². The molecular formula is C17H28N2O3. The largest absolute Gasteiger partial charge is 0.494 e. The van der Waals surface area contributed by atoms with E-state index >= 15 is 0 Å². The number of benzene rings is 1. The lowest BCUT2D eigenvalue weighted by Crippen LogP contribution is -2.33. The van der Waals surface area contributed by atoms with Gasteiger partial charge in [0, 0.05) is 18.8 Å². The van der Waals surface area contributed by atoms with Crippen molar-refractivity contribution in [2.75, 3.05) is 25.1 Å². The summed E-state index contributed by atoms with van der Waals surface area (Å²) in [5.74, 6) is 1.15. The molecule has 0 aliphatic heterocycles. The van der Waals surface area contributed by atoms with Crippen LogP contribution in [0.2, 0.25) is 0 Å². The number of aliphatic hydroxyl groups is 1. The molecule has 0 heterocycles. The Hall–Kier alpha value is -1.75. The molecule has 1 unspecified atom stereocenters. The van der Waals surface area contributed by atoms with E-state index in [2.05, 4.69) is 17.6 Å². The van der Waals surface area contributed by atoms with Gasteiger partial charge in [0.1, 0.15) is 5.75 Å².